The molecule has 2 saturated heterocycles. The summed E-state index contributed by atoms with van der Waals surface area (Å²) in [5, 5.41) is 0. The molecular formula is C10H18ClNO4S. The molecule has 0 aliphatic carbocycles. The molecule has 100 valence electrons. The highest BCUT2D eigenvalue weighted by molar-refractivity contribution is 7.89. The summed E-state index contributed by atoms with van der Waals surface area (Å²) in [6, 6.07) is 0. The van der Waals surface area contributed by atoms with Gasteiger partial charge in [-0.15, -0.1) is 11.6 Å². The molecule has 2 aliphatic heterocycles. The van der Waals surface area contributed by atoms with Crippen LogP contribution >= 0.6 is 11.6 Å². The minimum absolute atomic E-state index is 0.130. The molecule has 5 nitrogen and oxygen atoms in total. The standard InChI is InChI=1S/C10H18ClNO4S/c11-4-1-9-17(13,14)12-5-2-10(3-6-12)15-7-8-16-10/h1-9H2. The van der Waals surface area contributed by atoms with Gasteiger partial charge in [0.1, 0.15) is 0 Å². The van der Waals surface area contributed by atoms with Gasteiger partial charge in [0.05, 0.1) is 19.0 Å². The largest absolute Gasteiger partial charge is 0.347 e. The number of hydrogen-bond acceptors (Lipinski definition) is 4. The molecule has 2 aliphatic rings. The average Bonchev–Trinajstić information content (AvgIpc) is 2.76. The first-order valence-electron chi connectivity index (χ1n) is 5.90. The summed E-state index contributed by atoms with van der Waals surface area (Å²) in [6.07, 6.45) is 1.73. The molecule has 2 fully saturated rings. The SMILES string of the molecule is O=S(=O)(CCCCl)N1CCC2(CC1)OCCO2. The van der Waals surface area contributed by atoms with Crippen molar-refractivity contribution in [1.29, 1.82) is 0 Å². The van der Waals surface area contributed by atoms with Gasteiger partial charge in [-0.1, -0.05) is 0 Å². The van der Waals surface area contributed by atoms with Crippen molar-refractivity contribution in [2.45, 2.75) is 25.0 Å². The van der Waals surface area contributed by atoms with Crippen LogP contribution in [0.25, 0.3) is 0 Å². The number of halogens is 1. The second kappa shape index (κ2) is 5.40. The Morgan fingerprint density at radius 3 is 2.29 bits per heavy atom. The molecule has 0 radical (unpaired) electrons. The number of rotatable bonds is 4. The summed E-state index contributed by atoms with van der Waals surface area (Å²) >= 11 is 5.52. The minimum Gasteiger partial charge on any atom is -0.347 e. The molecule has 0 aromatic heterocycles. The van der Waals surface area contributed by atoms with E-state index in [4.69, 9.17) is 21.1 Å². The fourth-order valence-corrected chi connectivity index (χ4v) is 4.06. The van der Waals surface area contributed by atoms with E-state index in [0.717, 1.165) is 0 Å². The van der Waals surface area contributed by atoms with Crippen LogP contribution in [0, 0.1) is 0 Å². The van der Waals surface area contributed by atoms with Crippen LogP contribution in [-0.4, -0.2) is 56.4 Å². The van der Waals surface area contributed by atoms with Crippen molar-refractivity contribution in [2.75, 3.05) is 37.9 Å². The lowest BCUT2D eigenvalue weighted by molar-refractivity contribution is -0.179. The van der Waals surface area contributed by atoms with Crippen LogP contribution in [0.1, 0.15) is 19.3 Å². The average molecular weight is 284 g/mol. The number of piperidine rings is 1. The Bertz CT molecular complexity index is 343. The molecule has 0 N–H and O–H groups in total. The summed E-state index contributed by atoms with van der Waals surface area (Å²) in [5.41, 5.74) is 0. The molecule has 0 bridgehead atoms. The molecule has 0 atom stereocenters. The zero-order chi connectivity index (χ0) is 12.4. The van der Waals surface area contributed by atoms with Crippen LogP contribution < -0.4 is 0 Å². The van der Waals surface area contributed by atoms with Gasteiger partial charge in [0, 0.05) is 31.8 Å². The van der Waals surface area contributed by atoms with Gasteiger partial charge < -0.3 is 9.47 Å². The van der Waals surface area contributed by atoms with E-state index in [1.54, 1.807) is 0 Å². The van der Waals surface area contributed by atoms with Crippen LogP contribution in [-0.2, 0) is 19.5 Å². The fourth-order valence-electron chi connectivity index (χ4n) is 2.26. The Labute approximate surface area is 107 Å². The van der Waals surface area contributed by atoms with Crippen LogP contribution in [0.3, 0.4) is 0 Å². The molecule has 0 aromatic carbocycles. The zero-order valence-electron chi connectivity index (χ0n) is 9.73. The number of hydrogen-bond donors (Lipinski definition) is 0. The highest BCUT2D eigenvalue weighted by atomic mass is 35.5. The Morgan fingerprint density at radius 2 is 1.76 bits per heavy atom. The molecule has 17 heavy (non-hydrogen) atoms. The smallest absolute Gasteiger partial charge is 0.214 e. The number of nitrogens with zero attached hydrogens (tertiary/aromatic N) is 1. The van der Waals surface area contributed by atoms with Crippen molar-refractivity contribution in [3.05, 3.63) is 0 Å². The topological polar surface area (TPSA) is 55.8 Å². The molecule has 7 heteroatoms. The van der Waals surface area contributed by atoms with E-state index < -0.39 is 15.8 Å². The summed E-state index contributed by atoms with van der Waals surface area (Å²) in [5.74, 6) is -0.00700. The lowest BCUT2D eigenvalue weighted by atomic mass is 10.1. The third kappa shape index (κ3) is 3.12. The van der Waals surface area contributed by atoms with Crippen LogP contribution in [0.5, 0.6) is 0 Å². The Balaban J connectivity index is 1.90. The highest BCUT2D eigenvalue weighted by Crippen LogP contribution is 2.32. The van der Waals surface area contributed by atoms with Gasteiger partial charge in [0.15, 0.2) is 5.79 Å². The van der Waals surface area contributed by atoms with Crippen molar-refractivity contribution < 1.29 is 17.9 Å². The van der Waals surface area contributed by atoms with Crippen molar-refractivity contribution in [1.82, 2.24) is 4.31 Å². The summed E-state index contributed by atoms with van der Waals surface area (Å²) in [6.45, 7) is 2.17. The maximum Gasteiger partial charge on any atom is 0.214 e. The van der Waals surface area contributed by atoms with Gasteiger partial charge in [-0.2, -0.15) is 0 Å². The second-order valence-corrected chi connectivity index (χ2v) is 6.83. The minimum atomic E-state index is -3.15. The van der Waals surface area contributed by atoms with Gasteiger partial charge in [0.2, 0.25) is 10.0 Å². The van der Waals surface area contributed by atoms with Crippen LogP contribution in [0.2, 0.25) is 0 Å². The molecule has 2 rings (SSSR count). The van der Waals surface area contributed by atoms with Crippen molar-refractivity contribution in [3.63, 3.8) is 0 Å². The summed E-state index contributed by atoms with van der Waals surface area (Å²) in [4.78, 5) is 0. The third-order valence-electron chi connectivity index (χ3n) is 3.23. The Kier molecular flexibility index (Phi) is 4.31. The zero-order valence-corrected chi connectivity index (χ0v) is 11.3. The van der Waals surface area contributed by atoms with Crippen molar-refractivity contribution in [2.24, 2.45) is 0 Å². The maximum absolute atomic E-state index is 11.9. The van der Waals surface area contributed by atoms with E-state index in [2.05, 4.69) is 0 Å². The molecule has 0 aromatic rings. The maximum atomic E-state index is 11.9. The second-order valence-electron chi connectivity index (χ2n) is 4.37. The predicted molar refractivity (Wildman–Crippen MR) is 64.6 cm³/mol. The van der Waals surface area contributed by atoms with Gasteiger partial charge in [-0.3, -0.25) is 0 Å². The number of sulfonamides is 1. The summed E-state index contributed by atoms with van der Waals surface area (Å²) < 4.78 is 36.5. The molecule has 0 amide bonds. The first kappa shape index (κ1) is 13.5. The molecule has 0 saturated carbocycles. The number of ether oxygens (including phenoxy) is 2. The van der Waals surface area contributed by atoms with Crippen molar-refractivity contribution in [3.8, 4) is 0 Å². The molecular weight excluding hydrogens is 266 g/mol. The lowest BCUT2D eigenvalue weighted by Crippen LogP contribution is -2.47. The predicted octanol–water partition coefficient (Wildman–Crippen LogP) is 0.784. The summed E-state index contributed by atoms with van der Waals surface area (Å²) in [7, 11) is -3.15. The van der Waals surface area contributed by atoms with E-state index in [1.165, 1.54) is 4.31 Å². The molecule has 1 spiro atoms. The first-order valence-corrected chi connectivity index (χ1v) is 8.04. The van der Waals surface area contributed by atoms with E-state index in [9.17, 15) is 8.42 Å². The van der Waals surface area contributed by atoms with Crippen LogP contribution in [0.4, 0.5) is 0 Å². The van der Waals surface area contributed by atoms with E-state index in [0.29, 0.717) is 51.4 Å². The third-order valence-corrected chi connectivity index (χ3v) is 5.45. The van der Waals surface area contributed by atoms with Crippen LogP contribution in [0.15, 0.2) is 0 Å². The Morgan fingerprint density at radius 1 is 1.18 bits per heavy atom. The molecule has 0 unspecified atom stereocenters. The lowest BCUT2D eigenvalue weighted by Gasteiger charge is -2.36. The quantitative estimate of drug-likeness (QED) is 0.716. The van der Waals surface area contributed by atoms with Gasteiger partial charge in [0.25, 0.3) is 0 Å². The normalized spacial score (nSPS) is 25.5. The van der Waals surface area contributed by atoms with Gasteiger partial charge >= 0.3 is 0 Å². The first-order chi connectivity index (χ1) is 8.08. The Hall–Kier alpha value is 0.120. The fraction of sp³-hybridized carbons (Fsp3) is 1.00. The van der Waals surface area contributed by atoms with E-state index in [-0.39, 0.29) is 5.75 Å². The van der Waals surface area contributed by atoms with E-state index in [1.807, 2.05) is 0 Å². The van der Waals surface area contributed by atoms with E-state index >= 15 is 0 Å². The van der Waals surface area contributed by atoms with Gasteiger partial charge in [-0.05, 0) is 6.42 Å². The highest BCUT2D eigenvalue weighted by Gasteiger charge is 2.42. The monoisotopic (exact) mass is 283 g/mol. The number of alkyl halides is 1. The van der Waals surface area contributed by atoms with Gasteiger partial charge in [-0.25, -0.2) is 12.7 Å². The molecule has 2 heterocycles. The van der Waals surface area contributed by atoms with Crippen molar-refractivity contribution >= 4 is 21.6 Å².